The van der Waals surface area contributed by atoms with E-state index in [1.165, 1.54) is 0 Å². The molecule has 2 aromatic rings. The molecule has 0 radical (unpaired) electrons. The molecule has 16 heavy (non-hydrogen) atoms. The molecule has 0 aromatic carbocycles. The molecule has 1 aliphatic rings. The third-order valence-electron chi connectivity index (χ3n) is 3.03. The summed E-state index contributed by atoms with van der Waals surface area (Å²) < 4.78 is 7.40. The fourth-order valence-electron chi connectivity index (χ4n) is 2.09. The van der Waals surface area contributed by atoms with Crippen LogP contribution in [0.15, 0.2) is 18.3 Å². The molecule has 5 nitrogen and oxygen atoms in total. The van der Waals surface area contributed by atoms with Crippen LogP contribution in [-0.2, 0) is 11.3 Å². The lowest BCUT2D eigenvalue weighted by molar-refractivity contribution is 0.193. The van der Waals surface area contributed by atoms with Gasteiger partial charge in [-0.2, -0.15) is 0 Å². The molecule has 1 unspecified atom stereocenters. The molecule has 0 bridgehead atoms. The number of nitrogens with zero attached hydrogens (tertiary/aromatic N) is 3. The van der Waals surface area contributed by atoms with E-state index in [9.17, 15) is 0 Å². The van der Waals surface area contributed by atoms with Crippen molar-refractivity contribution in [3.8, 4) is 0 Å². The van der Waals surface area contributed by atoms with Crippen LogP contribution in [0.3, 0.4) is 0 Å². The van der Waals surface area contributed by atoms with Crippen molar-refractivity contribution < 1.29 is 4.74 Å². The average molecular weight is 218 g/mol. The quantitative estimate of drug-likeness (QED) is 0.805. The molecule has 1 fully saturated rings. The van der Waals surface area contributed by atoms with Crippen LogP contribution in [0.4, 0.5) is 0 Å². The highest BCUT2D eigenvalue weighted by Crippen LogP contribution is 2.24. The summed E-state index contributed by atoms with van der Waals surface area (Å²) in [7, 11) is 0. The highest BCUT2D eigenvalue weighted by molar-refractivity contribution is 5.41. The van der Waals surface area contributed by atoms with E-state index in [2.05, 4.69) is 10.2 Å². The molecular weight excluding hydrogens is 204 g/mol. The van der Waals surface area contributed by atoms with E-state index in [4.69, 9.17) is 10.5 Å². The summed E-state index contributed by atoms with van der Waals surface area (Å²) in [5, 5.41) is 8.42. The monoisotopic (exact) mass is 218 g/mol. The normalized spacial score (nSPS) is 20.7. The van der Waals surface area contributed by atoms with E-state index in [-0.39, 0.29) is 0 Å². The minimum atomic E-state index is 0.374. The third kappa shape index (κ3) is 1.48. The van der Waals surface area contributed by atoms with Crippen molar-refractivity contribution in [2.45, 2.75) is 18.9 Å². The van der Waals surface area contributed by atoms with Gasteiger partial charge < -0.3 is 10.5 Å². The number of nitrogens with two attached hydrogens (primary N) is 1. The Morgan fingerprint density at radius 3 is 3.19 bits per heavy atom. The molecule has 1 aliphatic heterocycles. The molecule has 2 aromatic heterocycles. The number of pyridine rings is 1. The molecule has 84 valence electrons. The lowest BCUT2D eigenvalue weighted by Crippen LogP contribution is -2.04. The first-order valence-electron chi connectivity index (χ1n) is 5.50. The Kier molecular flexibility index (Phi) is 2.34. The van der Waals surface area contributed by atoms with E-state index in [0.29, 0.717) is 12.5 Å². The number of ether oxygens (including phenoxy) is 1. The largest absolute Gasteiger partial charge is 0.381 e. The van der Waals surface area contributed by atoms with E-state index in [1.807, 2.05) is 22.7 Å². The smallest absolute Gasteiger partial charge is 0.161 e. The lowest BCUT2D eigenvalue weighted by Gasteiger charge is -2.05. The van der Waals surface area contributed by atoms with Gasteiger partial charge in [0.1, 0.15) is 5.82 Å². The first-order chi connectivity index (χ1) is 7.88. The van der Waals surface area contributed by atoms with Gasteiger partial charge in [-0.05, 0) is 24.1 Å². The van der Waals surface area contributed by atoms with Gasteiger partial charge in [-0.1, -0.05) is 0 Å². The maximum atomic E-state index is 5.59. The van der Waals surface area contributed by atoms with Gasteiger partial charge in [0.05, 0.1) is 6.61 Å². The topological polar surface area (TPSA) is 65.4 Å². The van der Waals surface area contributed by atoms with E-state index in [1.54, 1.807) is 0 Å². The van der Waals surface area contributed by atoms with Gasteiger partial charge in [-0.15, -0.1) is 10.2 Å². The van der Waals surface area contributed by atoms with Gasteiger partial charge in [-0.25, -0.2) is 0 Å². The second-order valence-corrected chi connectivity index (χ2v) is 4.09. The van der Waals surface area contributed by atoms with Crippen LogP contribution in [0.1, 0.15) is 23.7 Å². The van der Waals surface area contributed by atoms with E-state index < -0.39 is 0 Å². The second kappa shape index (κ2) is 3.84. The predicted molar refractivity (Wildman–Crippen MR) is 59.1 cm³/mol. The SMILES string of the molecule is NCc1ccn2c(C3CCOC3)nnc2c1. The van der Waals surface area contributed by atoms with Gasteiger partial charge in [0.15, 0.2) is 5.65 Å². The second-order valence-electron chi connectivity index (χ2n) is 4.09. The Morgan fingerprint density at radius 2 is 2.44 bits per heavy atom. The zero-order valence-corrected chi connectivity index (χ0v) is 8.97. The molecule has 2 N–H and O–H groups in total. The summed E-state index contributed by atoms with van der Waals surface area (Å²) in [5.41, 5.74) is 7.54. The van der Waals surface area contributed by atoms with E-state index >= 15 is 0 Å². The van der Waals surface area contributed by atoms with Crippen molar-refractivity contribution in [1.29, 1.82) is 0 Å². The molecule has 0 spiro atoms. The van der Waals surface area contributed by atoms with Crippen molar-refractivity contribution in [2.75, 3.05) is 13.2 Å². The summed E-state index contributed by atoms with van der Waals surface area (Å²) >= 11 is 0. The first-order valence-corrected chi connectivity index (χ1v) is 5.50. The van der Waals surface area contributed by atoms with Crippen molar-refractivity contribution in [3.05, 3.63) is 29.7 Å². The summed E-state index contributed by atoms with van der Waals surface area (Å²) in [5.74, 6) is 1.37. The van der Waals surface area contributed by atoms with Gasteiger partial charge in [0.25, 0.3) is 0 Å². The van der Waals surface area contributed by atoms with Crippen molar-refractivity contribution in [1.82, 2.24) is 14.6 Å². The highest BCUT2D eigenvalue weighted by Gasteiger charge is 2.22. The van der Waals surface area contributed by atoms with Crippen molar-refractivity contribution in [2.24, 2.45) is 5.73 Å². The fraction of sp³-hybridized carbons (Fsp3) is 0.455. The van der Waals surface area contributed by atoms with Gasteiger partial charge >= 0.3 is 0 Å². The highest BCUT2D eigenvalue weighted by atomic mass is 16.5. The number of hydrogen-bond donors (Lipinski definition) is 1. The number of rotatable bonds is 2. The number of aromatic nitrogens is 3. The molecular formula is C11H14N4O. The zero-order chi connectivity index (χ0) is 11.0. The molecule has 0 amide bonds. The maximum Gasteiger partial charge on any atom is 0.161 e. The van der Waals surface area contributed by atoms with Crippen molar-refractivity contribution in [3.63, 3.8) is 0 Å². The van der Waals surface area contributed by atoms with E-state index in [0.717, 1.165) is 36.7 Å². The molecule has 5 heteroatoms. The molecule has 3 heterocycles. The number of fused-ring (bicyclic) bond motifs is 1. The minimum Gasteiger partial charge on any atom is -0.381 e. The maximum absolute atomic E-state index is 5.59. The Morgan fingerprint density at radius 1 is 1.50 bits per heavy atom. The summed E-state index contributed by atoms with van der Waals surface area (Å²) in [4.78, 5) is 0. The Bertz CT molecular complexity index is 502. The van der Waals surface area contributed by atoms with Gasteiger partial charge in [0, 0.05) is 25.3 Å². The Balaban J connectivity index is 2.06. The van der Waals surface area contributed by atoms with Gasteiger partial charge in [-0.3, -0.25) is 4.40 Å². The Hall–Kier alpha value is -1.46. The molecule has 3 rings (SSSR count). The van der Waals surface area contributed by atoms with Crippen LogP contribution < -0.4 is 5.73 Å². The summed E-state index contributed by atoms with van der Waals surface area (Å²) in [6.07, 6.45) is 3.02. The standard InChI is InChI=1S/C11H14N4O/c12-6-8-1-3-15-10(5-8)13-14-11(15)9-2-4-16-7-9/h1,3,5,9H,2,4,6-7,12H2. The third-order valence-corrected chi connectivity index (χ3v) is 3.03. The van der Waals surface area contributed by atoms with Crippen LogP contribution in [0.25, 0.3) is 5.65 Å². The molecule has 1 saturated heterocycles. The van der Waals surface area contributed by atoms with Crippen LogP contribution in [-0.4, -0.2) is 27.8 Å². The molecule has 1 atom stereocenters. The van der Waals surface area contributed by atoms with Crippen molar-refractivity contribution >= 4 is 5.65 Å². The first kappa shape index (κ1) is 9.74. The average Bonchev–Trinajstić information content (AvgIpc) is 2.96. The van der Waals surface area contributed by atoms with Crippen LogP contribution in [0.2, 0.25) is 0 Å². The summed E-state index contributed by atoms with van der Waals surface area (Å²) in [6, 6.07) is 3.99. The van der Waals surface area contributed by atoms with Crippen LogP contribution in [0.5, 0.6) is 0 Å². The Labute approximate surface area is 93.2 Å². The molecule has 0 saturated carbocycles. The van der Waals surface area contributed by atoms with Crippen LogP contribution >= 0.6 is 0 Å². The lowest BCUT2D eigenvalue weighted by atomic mass is 10.1. The fourth-order valence-corrected chi connectivity index (χ4v) is 2.09. The minimum absolute atomic E-state index is 0.374. The van der Waals surface area contributed by atoms with Crippen LogP contribution in [0, 0.1) is 0 Å². The van der Waals surface area contributed by atoms with Gasteiger partial charge in [0.2, 0.25) is 0 Å². The zero-order valence-electron chi connectivity index (χ0n) is 8.97. The number of hydrogen-bond acceptors (Lipinski definition) is 4. The molecule has 0 aliphatic carbocycles. The summed E-state index contributed by atoms with van der Waals surface area (Å²) in [6.45, 7) is 2.10. The predicted octanol–water partition coefficient (Wildman–Crippen LogP) is 0.692.